The monoisotopic (exact) mass is 679 g/mol. The zero-order valence-corrected chi connectivity index (χ0v) is 34.2. The van der Waals surface area contributed by atoms with Gasteiger partial charge >= 0.3 is 0 Å². The Kier molecular flexibility index (Phi) is 48.3. The fourth-order valence-corrected chi connectivity index (χ4v) is 7.40. The Labute approximate surface area is 305 Å². The Morgan fingerprint density at radius 3 is 0.792 bits per heavy atom. The fourth-order valence-electron chi connectivity index (χ4n) is 7.40. The summed E-state index contributed by atoms with van der Waals surface area (Å²) in [4.78, 5) is 10.9. The summed E-state index contributed by atoms with van der Waals surface area (Å²) in [5.74, 6) is 1.46. The summed E-state index contributed by atoms with van der Waals surface area (Å²) in [6, 6.07) is 0. The number of rotatable bonds is 40. The molecule has 0 aliphatic heterocycles. The molecule has 0 spiro atoms. The second-order valence-electron chi connectivity index (χ2n) is 15.7. The molecule has 0 bridgehead atoms. The Morgan fingerprint density at radius 2 is 0.562 bits per heavy atom. The molecule has 0 saturated heterocycles. The average Bonchev–Trinajstić information content (AvgIpc) is 3.09. The molecule has 2 heteroatoms. The summed E-state index contributed by atoms with van der Waals surface area (Å²) in [5, 5.41) is 9.25. The Hall–Kier alpha value is -0.370. The molecule has 0 amide bonds. The number of aliphatic hydroxyl groups excluding tert-OH is 1. The molecule has 0 aliphatic carbocycles. The van der Waals surface area contributed by atoms with E-state index in [-0.39, 0.29) is 0 Å². The Morgan fingerprint density at radius 1 is 0.333 bits per heavy atom. The van der Waals surface area contributed by atoms with Gasteiger partial charge in [-0.3, -0.25) is 0 Å². The number of hydrogen-bond donors (Lipinski definition) is 1. The first-order chi connectivity index (χ1) is 23.7. The molecule has 0 heterocycles. The molecule has 1 N–H and O–H groups in total. The van der Waals surface area contributed by atoms with Crippen molar-refractivity contribution in [2.45, 2.75) is 272 Å². The van der Waals surface area contributed by atoms with E-state index in [1.165, 1.54) is 231 Å². The maximum absolute atomic E-state index is 10.9. The Balaban J connectivity index is 0. The van der Waals surface area contributed by atoms with Crippen molar-refractivity contribution < 1.29 is 9.90 Å². The lowest BCUT2D eigenvalue weighted by atomic mass is 9.92. The summed E-state index contributed by atoms with van der Waals surface area (Å²) >= 11 is 0. The zero-order valence-electron chi connectivity index (χ0n) is 34.2. The molecule has 0 fully saturated rings. The molecular formula is C46H94O2. The van der Waals surface area contributed by atoms with Crippen LogP contribution >= 0.6 is 0 Å². The third-order valence-electron chi connectivity index (χ3n) is 10.8. The summed E-state index contributed by atoms with van der Waals surface area (Å²) in [7, 11) is 0. The van der Waals surface area contributed by atoms with Gasteiger partial charge in [-0.25, -0.2) is 0 Å². The highest BCUT2D eigenvalue weighted by molar-refractivity contribution is 5.49. The van der Waals surface area contributed by atoms with Crippen LogP contribution in [-0.2, 0) is 4.79 Å². The van der Waals surface area contributed by atoms with E-state index in [0.29, 0.717) is 12.5 Å². The van der Waals surface area contributed by atoms with Crippen LogP contribution in [-0.4, -0.2) is 18.0 Å². The van der Waals surface area contributed by atoms with E-state index in [4.69, 9.17) is 0 Å². The highest BCUT2D eigenvalue weighted by Gasteiger charge is 2.09. The van der Waals surface area contributed by atoms with Crippen LogP contribution in [0.3, 0.4) is 0 Å². The lowest BCUT2D eigenvalue weighted by Crippen LogP contribution is -2.03. The molecule has 0 rings (SSSR count). The number of carbonyl (C=O) groups excluding carboxylic acids is 1. The molecule has 0 aliphatic rings. The predicted octanol–water partition coefficient (Wildman–Crippen LogP) is 16.3. The lowest BCUT2D eigenvalue weighted by Gasteiger charge is -2.15. The van der Waals surface area contributed by atoms with Crippen molar-refractivity contribution in [2.75, 3.05) is 6.61 Å². The van der Waals surface area contributed by atoms with Crippen molar-refractivity contribution in [1.82, 2.24) is 0 Å². The van der Waals surface area contributed by atoms with E-state index >= 15 is 0 Å². The highest BCUT2D eigenvalue weighted by atomic mass is 16.3. The molecular weight excluding hydrogens is 585 g/mol. The third-order valence-corrected chi connectivity index (χ3v) is 10.8. The molecule has 48 heavy (non-hydrogen) atoms. The molecule has 0 aromatic carbocycles. The SMILES string of the molecule is CCCCCCCCCCCCC[C@H](CC=O)CCCCCCC.CCCCCCCCCCCCC[C@H](CCO)CCCCCCC. The normalized spacial score (nSPS) is 12.5. The molecule has 0 radical (unpaired) electrons. The molecule has 290 valence electrons. The van der Waals surface area contributed by atoms with Crippen LogP contribution in [0.25, 0.3) is 0 Å². The van der Waals surface area contributed by atoms with Gasteiger partial charge in [-0.15, -0.1) is 0 Å². The van der Waals surface area contributed by atoms with Gasteiger partial charge in [-0.05, 0) is 18.3 Å². The summed E-state index contributed by atoms with van der Waals surface area (Å²) in [5.41, 5.74) is 0. The minimum Gasteiger partial charge on any atom is -0.396 e. The van der Waals surface area contributed by atoms with E-state index in [1.54, 1.807) is 0 Å². The van der Waals surface area contributed by atoms with Crippen molar-refractivity contribution in [1.29, 1.82) is 0 Å². The first-order valence-electron chi connectivity index (χ1n) is 22.7. The zero-order chi connectivity index (χ0) is 35.4. The van der Waals surface area contributed by atoms with Crippen molar-refractivity contribution in [3.63, 3.8) is 0 Å². The summed E-state index contributed by atoms with van der Waals surface area (Å²) in [6.07, 6.45) is 53.1. The number of unbranched alkanes of at least 4 members (excludes halogenated alkanes) is 28. The third kappa shape index (κ3) is 43.7. The molecule has 0 aromatic heterocycles. The van der Waals surface area contributed by atoms with Crippen LogP contribution in [0.2, 0.25) is 0 Å². The number of aliphatic hydroxyl groups is 1. The number of hydrogen-bond acceptors (Lipinski definition) is 2. The van der Waals surface area contributed by atoms with Gasteiger partial charge in [0, 0.05) is 13.0 Å². The smallest absolute Gasteiger partial charge is 0.120 e. The van der Waals surface area contributed by atoms with Gasteiger partial charge in [0.2, 0.25) is 0 Å². The first-order valence-corrected chi connectivity index (χ1v) is 22.7. The van der Waals surface area contributed by atoms with Crippen LogP contribution in [0, 0.1) is 11.8 Å². The number of carbonyl (C=O) groups is 1. The highest BCUT2D eigenvalue weighted by Crippen LogP contribution is 2.23. The van der Waals surface area contributed by atoms with Gasteiger partial charge in [0.15, 0.2) is 0 Å². The molecule has 2 atom stereocenters. The topological polar surface area (TPSA) is 37.3 Å². The van der Waals surface area contributed by atoms with Crippen molar-refractivity contribution in [3.8, 4) is 0 Å². The molecule has 0 unspecified atom stereocenters. The molecule has 0 aromatic rings. The molecule has 0 saturated carbocycles. The van der Waals surface area contributed by atoms with Crippen molar-refractivity contribution >= 4 is 6.29 Å². The first kappa shape index (κ1) is 49.7. The minimum absolute atomic E-state index is 0.387. The van der Waals surface area contributed by atoms with Crippen LogP contribution in [0.1, 0.15) is 272 Å². The van der Waals surface area contributed by atoms with Crippen LogP contribution in [0.5, 0.6) is 0 Å². The van der Waals surface area contributed by atoms with Crippen molar-refractivity contribution in [3.05, 3.63) is 0 Å². The Bertz CT molecular complexity index is 546. The standard InChI is InChI=1S/C23H48O.C23H46O/c2*1-3-5-7-9-10-11-12-13-14-16-18-20-23(21-22-24)19-17-15-8-6-4-2/h23-24H,3-22H2,1-2H3;22-23H,3-21H2,1-2H3/t2*23-/m11/s1. The van der Waals surface area contributed by atoms with Gasteiger partial charge in [-0.1, -0.05) is 259 Å². The van der Waals surface area contributed by atoms with E-state index in [9.17, 15) is 9.90 Å². The van der Waals surface area contributed by atoms with Crippen LogP contribution < -0.4 is 0 Å². The summed E-state index contributed by atoms with van der Waals surface area (Å²) in [6.45, 7) is 9.50. The van der Waals surface area contributed by atoms with E-state index in [0.717, 1.165) is 25.0 Å². The number of aldehydes is 1. The van der Waals surface area contributed by atoms with Crippen molar-refractivity contribution in [2.24, 2.45) is 11.8 Å². The van der Waals surface area contributed by atoms with Gasteiger partial charge in [0.25, 0.3) is 0 Å². The largest absolute Gasteiger partial charge is 0.396 e. The maximum Gasteiger partial charge on any atom is 0.120 e. The van der Waals surface area contributed by atoms with Gasteiger partial charge < -0.3 is 9.90 Å². The minimum atomic E-state index is 0.387. The predicted molar refractivity (Wildman–Crippen MR) is 218 cm³/mol. The van der Waals surface area contributed by atoms with Gasteiger partial charge in [-0.2, -0.15) is 0 Å². The van der Waals surface area contributed by atoms with Crippen LogP contribution in [0.15, 0.2) is 0 Å². The van der Waals surface area contributed by atoms with E-state index in [1.807, 2.05) is 0 Å². The second kappa shape index (κ2) is 46.6. The summed E-state index contributed by atoms with van der Waals surface area (Å²) < 4.78 is 0. The van der Waals surface area contributed by atoms with E-state index < -0.39 is 0 Å². The average molecular weight is 679 g/mol. The molecule has 2 nitrogen and oxygen atoms in total. The second-order valence-corrected chi connectivity index (χ2v) is 15.7. The maximum atomic E-state index is 10.9. The quantitative estimate of drug-likeness (QED) is 0.0517. The van der Waals surface area contributed by atoms with Crippen LogP contribution in [0.4, 0.5) is 0 Å². The van der Waals surface area contributed by atoms with Gasteiger partial charge in [0.1, 0.15) is 6.29 Å². The lowest BCUT2D eigenvalue weighted by molar-refractivity contribution is -0.108. The van der Waals surface area contributed by atoms with Gasteiger partial charge in [0.05, 0.1) is 0 Å². The fraction of sp³-hybridized carbons (Fsp3) is 0.978. The van der Waals surface area contributed by atoms with E-state index in [2.05, 4.69) is 27.7 Å².